The van der Waals surface area contributed by atoms with Gasteiger partial charge < -0.3 is 20.5 Å². The summed E-state index contributed by atoms with van der Waals surface area (Å²) >= 11 is 0. The number of carboxylic acid groups (broad SMARTS) is 1. The summed E-state index contributed by atoms with van der Waals surface area (Å²) < 4.78 is 4.54. The molecule has 3 rings (SSSR count). The van der Waals surface area contributed by atoms with E-state index in [-0.39, 0.29) is 12.3 Å². The number of hydrogen-bond acceptors (Lipinski definition) is 6. The predicted octanol–water partition coefficient (Wildman–Crippen LogP) is 3.06. The molecule has 0 radical (unpaired) electrons. The van der Waals surface area contributed by atoms with Crippen molar-refractivity contribution in [2.24, 2.45) is 0 Å². The maximum Gasteiger partial charge on any atom is 0.305 e. The van der Waals surface area contributed by atoms with Crippen molar-refractivity contribution in [3.8, 4) is 0 Å². The zero-order chi connectivity index (χ0) is 27.9. The van der Waals surface area contributed by atoms with Crippen LogP contribution in [-0.4, -0.2) is 53.3 Å². The monoisotopic (exact) mass is 520 g/mol. The van der Waals surface area contributed by atoms with Crippen LogP contribution in [0.15, 0.2) is 78.9 Å². The molecule has 9 heteroatoms. The van der Waals surface area contributed by atoms with Gasteiger partial charge in [0.15, 0.2) is 12.4 Å². The smallest absolute Gasteiger partial charge is 0.305 e. The minimum Gasteiger partial charge on any atom is -0.481 e. The molecule has 9 nitrogen and oxygen atoms in total. The third-order valence-electron chi connectivity index (χ3n) is 5.41. The van der Waals surface area contributed by atoms with Gasteiger partial charge in [0.25, 0.3) is 0 Å². The highest BCUT2D eigenvalue weighted by Gasteiger charge is 2.26. The van der Waals surface area contributed by atoms with Crippen LogP contribution in [0.25, 0.3) is 10.8 Å². The van der Waals surface area contributed by atoms with Gasteiger partial charge in [0.1, 0.15) is 12.1 Å². The van der Waals surface area contributed by atoms with Gasteiger partial charge in [-0.05, 0) is 29.7 Å². The van der Waals surface area contributed by atoms with E-state index >= 15 is 0 Å². The third kappa shape index (κ3) is 11.0. The highest BCUT2D eigenvalue weighted by molar-refractivity contribution is 5.95. The molecule has 2 atom stereocenters. The molecule has 3 N–H and O–H groups in total. The highest BCUT2D eigenvalue weighted by atomic mass is 16.5. The Morgan fingerprint density at radius 1 is 0.816 bits per heavy atom. The summed E-state index contributed by atoms with van der Waals surface area (Å²) in [6, 6.07) is 23.7. The lowest BCUT2D eigenvalue weighted by molar-refractivity contribution is -0.147. The first kappa shape index (κ1) is 29.7. The summed E-state index contributed by atoms with van der Waals surface area (Å²) in [5.74, 6) is -3.83. The van der Waals surface area contributed by atoms with Crippen molar-refractivity contribution in [2.45, 2.75) is 45.2 Å². The Labute approximate surface area is 221 Å². The highest BCUT2D eigenvalue weighted by Crippen LogP contribution is 2.11. The molecule has 0 aliphatic heterocycles. The number of hydrogen-bond donors (Lipinski definition) is 3. The van der Waals surface area contributed by atoms with Crippen LogP contribution >= 0.6 is 0 Å². The standard InChI is InChI=1S/C19H24N2O7.C10H8/c1-12(20-17(24)9-8-14-6-4-3-5-7-14)19(27)21-15(10-18(25)26)16(23)11-28-13(2)22;1-2-6-10-8-4-3-7-9(10)5-1/h3-7,12,15H,8-11H2,1-2H3,(H,20,24)(H,21,27)(H,25,26);1-8H. The van der Waals surface area contributed by atoms with Crippen molar-refractivity contribution >= 4 is 40.3 Å². The van der Waals surface area contributed by atoms with Crippen molar-refractivity contribution in [1.82, 2.24) is 10.6 Å². The van der Waals surface area contributed by atoms with Crippen molar-refractivity contribution in [1.29, 1.82) is 0 Å². The van der Waals surface area contributed by atoms with E-state index in [1.54, 1.807) is 0 Å². The van der Waals surface area contributed by atoms with Gasteiger partial charge in [-0.25, -0.2) is 0 Å². The summed E-state index contributed by atoms with van der Waals surface area (Å²) in [5, 5.41) is 16.3. The number of nitrogens with one attached hydrogen (secondary N) is 2. The van der Waals surface area contributed by atoms with Crippen LogP contribution < -0.4 is 10.6 Å². The second kappa shape index (κ2) is 15.6. The first-order valence-electron chi connectivity index (χ1n) is 12.1. The molecule has 0 aromatic heterocycles. The quantitative estimate of drug-likeness (QED) is 0.330. The van der Waals surface area contributed by atoms with Crippen molar-refractivity contribution in [2.75, 3.05) is 6.61 Å². The molecule has 2 amide bonds. The number of aryl methyl sites for hydroxylation is 1. The Kier molecular flexibility index (Phi) is 12.2. The van der Waals surface area contributed by atoms with Crippen LogP contribution in [0.2, 0.25) is 0 Å². The van der Waals surface area contributed by atoms with E-state index in [0.717, 1.165) is 12.5 Å². The number of fused-ring (bicyclic) bond motifs is 1. The average molecular weight is 521 g/mol. The van der Waals surface area contributed by atoms with Crippen LogP contribution in [0.1, 0.15) is 32.3 Å². The molecule has 0 heterocycles. The van der Waals surface area contributed by atoms with Crippen molar-refractivity contribution in [3.63, 3.8) is 0 Å². The first-order chi connectivity index (χ1) is 18.2. The molecule has 3 aromatic rings. The van der Waals surface area contributed by atoms with E-state index < -0.39 is 48.7 Å². The molecular weight excluding hydrogens is 488 g/mol. The number of esters is 1. The maximum absolute atomic E-state index is 12.2. The van der Waals surface area contributed by atoms with Gasteiger partial charge in [0.05, 0.1) is 6.42 Å². The summed E-state index contributed by atoms with van der Waals surface area (Å²) in [6.45, 7) is 1.88. The number of carbonyl (C=O) groups excluding carboxylic acids is 4. The second-order valence-electron chi connectivity index (χ2n) is 8.53. The fraction of sp³-hybridized carbons (Fsp3) is 0.276. The lowest BCUT2D eigenvalue weighted by atomic mass is 10.1. The topological polar surface area (TPSA) is 139 Å². The van der Waals surface area contributed by atoms with Crippen LogP contribution in [0.3, 0.4) is 0 Å². The molecule has 0 fully saturated rings. The van der Waals surface area contributed by atoms with E-state index in [2.05, 4.69) is 63.9 Å². The van der Waals surface area contributed by atoms with Gasteiger partial charge in [-0.3, -0.25) is 24.0 Å². The Balaban J connectivity index is 0.000000415. The average Bonchev–Trinajstić information content (AvgIpc) is 2.90. The lowest BCUT2D eigenvalue weighted by Gasteiger charge is -2.19. The fourth-order valence-corrected chi connectivity index (χ4v) is 3.40. The van der Waals surface area contributed by atoms with Crippen LogP contribution in [0.5, 0.6) is 0 Å². The first-order valence-corrected chi connectivity index (χ1v) is 12.1. The van der Waals surface area contributed by atoms with Gasteiger partial charge in [0, 0.05) is 13.3 Å². The van der Waals surface area contributed by atoms with Crippen molar-refractivity contribution in [3.05, 3.63) is 84.4 Å². The van der Waals surface area contributed by atoms with Gasteiger partial charge in [0.2, 0.25) is 11.8 Å². The van der Waals surface area contributed by atoms with Crippen molar-refractivity contribution < 1.29 is 33.8 Å². The summed E-state index contributed by atoms with van der Waals surface area (Å²) in [4.78, 5) is 57.9. The molecule has 0 aliphatic rings. The van der Waals surface area contributed by atoms with E-state index in [4.69, 9.17) is 5.11 Å². The molecule has 38 heavy (non-hydrogen) atoms. The molecule has 0 aliphatic carbocycles. The number of aliphatic carboxylic acids is 1. The third-order valence-corrected chi connectivity index (χ3v) is 5.41. The molecule has 0 saturated carbocycles. The van der Waals surface area contributed by atoms with E-state index in [1.807, 2.05) is 30.3 Å². The van der Waals surface area contributed by atoms with Gasteiger partial charge >= 0.3 is 11.9 Å². The number of Topliss-reactive ketones (excluding diaryl/α,β-unsaturated/α-hetero) is 1. The molecule has 200 valence electrons. The second-order valence-corrected chi connectivity index (χ2v) is 8.53. The zero-order valence-electron chi connectivity index (χ0n) is 21.4. The SMILES string of the molecule is CC(=O)OCC(=O)C(CC(=O)O)NC(=O)C(C)NC(=O)CCc1ccccc1.c1ccc2ccccc2c1. The van der Waals surface area contributed by atoms with E-state index in [9.17, 15) is 24.0 Å². The van der Waals surface area contributed by atoms with E-state index in [1.165, 1.54) is 17.7 Å². The Hall–Kier alpha value is -4.53. The number of amides is 2. The number of carboxylic acids is 1. The van der Waals surface area contributed by atoms with Crippen LogP contribution in [0.4, 0.5) is 0 Å². The normalized spacial score (nSPS) is 11.7. The molecule has 0 bridgehead atoms. The molecule has 0 saturated heterocycles. The number of carbonyl (C=O) groups is 5. The summed E-state index contributed by atoms with van der Waals surface area (Å²) in [5.41, 5.74) is 0.979. The number of ketones is 1. The summed E-state index contributed by atoms with van der Waals surface area (Å²) in [6.07, 6.45) is 0.00953. The largest absolute Gasteiger partial charge is 0.481 e. The molecule has 0 spiro atoms. The minimum atomic E-state index is -1.37. The lowest BCUT2D eigenvalue weighted by Crippen LogP contribution is -2.51. The van der Waals surface area contributed by atoms with Gasteiger partial charge in [-0.1, -0.05) is 78.9 Å². The minimum absolute atomic E-state index is 0.172. The summed E-state index contributed by atoms with van der Waals surface area (Å²) in [7, 11) is 0. The van der Waals surface area contributed by atoms with E-state index in [0.29, 0.717) is 6.42 Å². The molecular formula is C29H32N2O7. The Morgan fingerprint density at radius 3 is 1.84 bits per heavy atom. The predicted molar refractivity (Wildman–Crippen MR) is 142 cm³/mol. The van der Waals surface area contributed by atoms with Crippen LogP contribution in [-0.2, 0) is 35.1 Å². The van der Waals surface area contributed by atoms with Crippen LogP contribution in [0, 0.1) is 0 Å². The Morgan fingerprint density at radius 2 is 1.34 bits per heavy atom. The number of rotatable bonds is 11. The maximum atomic E-state index is 12.2. The number of benzene rings is 3. The molecule has 2 unspecified atom stereocenters. The number of ether oxygens (including phenoxy) is 1. The zero-order valence-corrected chi connectivity index (χ0v) is 21.4. The van der Waals surface area contributed by atoms with Gasteiger partial charge in [-0.15, -0.1) is 0 Å². The molecule has 3 aromatic carbocycles. The Bertz CT molecular complexity index is 1180. The fourth-order valence-electron chi connectivity index (χ4n) is 3.40. The van der Waals surface area contributed by atoms with Gasteiger partial charge in [-0.2, -0.15) is 0 Å².